The molecule has 0 bridgehead atoms. The van der Waals surface area contributed by atoms with E-state index < -0.39 is 14.6 Å². The lowest BCUT2D eigenvalue weighted by Crippen LogP contribution is -2.29. The Morgan fingerprint density at radius 2 is 1.72 bits per heavy atom. The summed E-state index contributed by atoms with van der Waals surface area (Å²) < 4.78 is 38.8. The lowest BCUT2D eigenvalue weighted by molar-refractivity contribution is -0.111. The maximum absolute atomic E-state index is 13.2. The predicted octanol–water partition coefficient (Wildman–Crippen LogP) is 4.59. The molecule has 0 saturated carbocycles. The lowest BCUT2D eigenvalue weighted by Gasteiger charge is -2.19. The first-order valence-corrected chi connectivity index (χ1v) is 11.7. The molecule has 6 nitrogen and oxygen atoms in total. The average Bonchev–Trinajstić information content (AvgIpc) is 3.08. The van der Waals surface area contributed by atoms with Crippen LogP contribution >= 0.6 is 0 Å². The fourth-order valence-corrected chi connectivity index (χ4v) is 4.07. The number of nitrogens with zero attached hydrogens (tertiary/aromatic N) is 2. The van der Waals surface area contributed by atoms with Crippen LogP contribution in [0.25, 0.3) is 17.3 Å². The van der Waals surface area contributed by atoms with Gasteiger partial charge in [0.05, 0.1) is 22.4 Å². The number of anilines is 1. The zero-order chi connectivity index (χ0) is 23.5. The molecule has 0 spiro atoms. The van der Waals surface area contributed by atoms with Gasteiger partial charge in [0.1, 0.15) is 5.82 Å². The maximum Gasteiger partial charge on any atom is 0.248 e. The van der Waals surface area contributed by atoms with E-state index in [2.05, 4.69) is 10.4 Å². The summed E-state index contributed by atoms with van der Waals surface area (Å²) in [5, 5.41) is 6.98. The number of rotatable bonds is 6. The van der Waals surface area contributed by atoms with Crippen molar-refractivity contribution in [3.8, 4) is 11.3 Å². The molecule has 0 atom stereocenters. The number of hydrogen-bond donors (Lipinski definition) is 1. The number of carbonyl (C=O) groups is 1. The highest BCUT2D eigenvalue weighted by Crippen LogP contribution is 2.25. The van der Waals surface area contributed by atoms with Crippen LogP contribution in [0.15, 0.2) is 60.8 Å². The molecular weight excluding hydrogens is 429 g/mol. The summed E-state index contributed by atoms with van der Waals surface area (Å²) >= 11 is 0. The van der Waals surface area contributed by atoms with Crippen LogP contribution in [0.2, 0.25) is 0 Å². The molecule has 1 heterocycles. The van der Waals surface area contributed by atoms with Crippen molar-refractivity contribution in [1.82, 2.24) is 9.78 Å². The Labute approximate surface area is 187 Å². The molecule has 1 aromatic heterocycles. The van der Waals surface area contributed by atoms with Crippen molar-refractivity contribution in [2.24, 2.45) is 7.05 Å². The van der Waals surface area contributed by atoms with E-state index in [-0.39, 0.29) is 17.5 Å². The van der Waals surface area contributed by atoms with Crippen LogP contribution in [0.4, 0.5) is 10.1 Å². The van der Waals surface area contributed by atoms with Gasteiger partial charge in [-0.25, -0.2) is 12.8 Å². The van der Waals surface area contributed by atoms with Crippen molar-refractivity contribution in [2.45, 2.75) is 31.3 Å². The zero-order valence-corrected chi connectivity index (χ0v) is 19.3. The van der Waals surface area contributed by atoms with Crippen molar-refractivity contribution in [1.29, 1.82) is 0 Å². The van der Waals surface area contributed by atoms with Crippen molar-refractivity contribution < 1.29 is 17.6 Å². The number of nitrogens with one attached hydrogen (secondary N) is 1. The predicted molar refractivity (Wildman–Crippen MR) is 125 cm³/mol. The molecule has 1 N–H and O–H groups in total. The Balaban J connectivity index is 1.69. The van der Waals surface area contributed by atoms with Crippen LogP contribution in [0, 0.1) is 5.82 Å². The molecular formula is C24H26FN3O3S. The van der Waals surface area contributed by atoms with Gasteiger partial charge in [0.15, 0.2) is 9.84 Å². The number of benzene rings is 2. The third-order valence-electron chi connectivity index (χ3n) is 5.01. The fraction of sp³-hybridized carbons (Fsp3) is 0.250. The summed E-state index contributed by atoms with van der Waals surface area (Å²) in [6.07, 6.45) is 4.67. The topological polar surface area (TPSA) is 81.1 Å². The van der Waals surface area contributed by atoms with Gasteiger partial charge in [-0.05, 0) is 68.8 Å². The first-order chi connectivity index (χ1) is 15.0. The van der Waals surface area contributed by atoms with Crippen molar-refractivity contribution in [2.75, 3.05) is 5.32 Å². The lowest BCUT2D eigenvalue weighted by atomic mass is 10.1. The number of carbonyl (C=O) groups excluding carboxylic acids is 1. The number of amides is 1. The van der Waals surface area contributed by atoms with Crippen LogP contribution in [-0.2, 0) is 27.4 Å². The maximum atomic E-state index is 13.2. The first-order valence-electron chi connectivity index (χ1n) is 10.0. The molecule has 1 amide bonds. The largest absolute Gasteiger partial charge is 0.323 e. The van der Waals surface area contributed by atoms with Gasteiger partial charge in [0.2, 0.25) is 5.91 Å². The molecule has 8 heteroatoms. The number of aryl methyl sites for hydroxylation is 1. The minimum atomic E-state index is -3.28. The van der Waals surface area contributed by atoms with Crippen molar-refractivity contribution >= 4 is 27.5 Å². The molecule has 0 saturated heterocycles. The van der Waals surface area contributed by atoms with E-state index in [0.717, 1.165) is 16.8 Å². The van der Waals surface area contributed by atoms with Crippen LogP contribution in [0.1, 0.15) is 31.9 Å². The van der Waals surface area contributed by atoms with Crippen LogP contribution in [-0.4, -0.2) is 28.9 Å². The Kier molecular flexibility index (Phi) is 6.64. The number of hydrogen-bond acceptors (Lipinski definition) is 4. The SMILES string of the molecule is Cn1ncc(/C=C/C(=O)Nc2ccc(CS(=O)(=O)C(C)(C)C)cc2)c1-c1ccc(F)cc1. The highest BCUT2D eigenvalue weighted by atomic mass is 32.2. The fourth-order valence-electron chi connectivity index (χ4n) is 3.01. The molecule has 2 aromatic carbocycles. The van der Waals surface area contributed by atoms with Gasteiger partial charge in [0, 0.05) is 29.9 Å². The van der Waals surface area contributed by atoms with Crippen LogP contribution in [0.5, 0.6) is 0 Å². The molecule has 0 unspecified atom stereocenters. The number of aromatic nitrogens is 2. The van der Waals surface area contributed by atoms with Crippen LogP contribution in [0.3, 0.4) is 0 Å². The molecule has 0 aliphatic rings. The summed E-state index contributed by atoms with van der Waals surface area (Å²) in [4.78, 5) is 12.4. The Hall–Kier alpha value is -3.26. The Morgan fingerprint density at radius 1 is 1.09 bits per heavy atom. The highest BCUT2D eigenvalue weighted by molar-refractivity contribution is 7.91. The molecule has 3 aromatic rings. The van der Waals surface area contributed by atoms with E-state index in [1.54, 1.807) is 81.2 Å². The van der Waals surface area contributed by atoms with E-state index in [0.29, 0.717) is 11.3 Å². The van der Waals surface area contributed by atoms with Gasteiger partial charge < -0.3 is 5.32 Å². The van der Waals surface area contributed by atoms with Crippen molar-refractivity contribution in [3.05, 3.63) is 77.7 Å². The van der Waals surface area contributed by atoms with Gasteiger partial charge in [0.25, 0.3) is 0 Å². The zero-order valence-electron chi connectivity index (χ0n) is 18.5. The van der Waals surface area contributed by atoms with Gasteiger partial charge in [-0.1, -0.05) is 12.1 Å². The minimum Gasteiger partial charge on any atom is -0.323 e. The Bertz CT molecular complexity index is 1240. The second kappa shape index (κ2) is 9.08. The van der Waals surface area contributed by atoms with Gasteiger partial charge >= 0.3 is 0 Å². The molecule has 32 heavy (non-hydrogen) atoms. The van der Waals surface area contributed by atoms with E-state index in [9.17, 15) is 17.6 Å². The standard InChI is InChI=1S/C24H26FN3O3S/c1-24(2,3)32(30,31)16-17-5-12-21(13-6-17)27-22(29)14-9-19-15-26-28(4)23(19)18-7-10-20(25)11-8-18/h5-15H,16H2,1-4H3,(H,27,29)/b14-9+. The monoisotopic (exact) mass is 455 g/mol. The summed E-state index contributed by atoms with van der Waals surface area (Å²) in [6, 6.07) is 12.8. The average molecular weight is 456 g/mol. The van der Waals surface area contributed by atoms with E-state index >= 15 is 0 Å². The third-order valence-corrected chi connectivity index (χ3v) is 7.59. The van der Waals surface area contributed by atoms with E-state index in [1.165, 1.54) is 18.2 Å². The second-order valence-corrected chi connectivity index (χ2v) is 11.2. The third kappa shape index (κ3) is 5.50. The van der Waals surface area contributed by atoms with Gasteiger partial charge in [-0.3, -0.25) is 9.48 Å². The van der Waals surface area contributed by atoms with E-state index in [4.69, 9.17) is 0 Å². The summed E-state index contributed by atoms with van der Waals surface area (Å²) in [6.45, 7) is 5.02. The highest BCUT2D eigenvalue weighted by Gasteiger charge is 2.28. The Morgan fingerprint density at radius 3 is 2.31 bits per heavy atom. The summed E-state index contributed by atoms with van der Waals surface area (Å²) in [5.41, 5.74) is 3.48. The summed E-state index contributed by atoms with van der Waals surface area (Å²) in [5.74, 6) is -0.721. The molecule has 0 aliphatic heterocycles. The van der Waals surface area contributed by atoms with Gasteiger partial charge in [-0.2, -0.15) is 5.10 Å². The summed E-state index contributed by atoms with van der Waals surface area (Å²) in [7, 11) is -1.51. The molecule has 168 valence electrons. The molecule has 0 aliphatic carbocycles. The minimum absolute atomic E-state index is 0.0577. The quantitative estimate of drug-likeness (QED) is 0.551. The normalized spacial score (nSPS) is 12.3. The van der Waals surface area contributed by atoms with Gasteiger partial charge in [-0.15, -0.1) is 0 Å². The molecule has 3 rings (SSSR count). The molecule has 0 fully saturated rings. The van der Waals surface area contributed by atoms with Crippen LogP contribution < -0.4 is 5.32 Å². The smallest absolute Gasteiger partial charge is 0.248 e. The first kappa shape index (κ1) is 23.4. The number of sulfone groups is 1. The molecule has 0 radical (unpaired) electrons. The van der Waals surface area contributed by atoms with E-state index in [1.807, 2.05) is 0 Å². The second-order valence-electron chi connectivity index (χ2n) is 8.47. The number of halogens is 1. The van der Waals surface area contributed by atoms with Crippen molar-refractivity contribution in [3.63, 3.8) is 0 Å².